The Morgan fingerprint density at radius 3 is 2.50 bits per heavy atom. The zero-order chi connectivity index (χ0) is 20.1. The number of benzene rings is 2. The Morgan fingerprint density at radius 1 is 1.07 bits per heavy atom. The molecule has 0 spiro atoms. The van der Waals surface area contributed by atoms with Crippen molar-refractivity contribution >= 4 is 29.4 Å². The Hall–Kier alpha value is -3.55. The molecule has 1 aliphatic rings. The summed E-state index contributed by atoms with van der Waals surface area (Å²) in [5.41, 5.74) is 3.44. The van der Waals surface area contributed by atoms with Gasteiger partial charge in [0.2, 0.25) is 0 Å². The molecule has 0 saturated heterocycles. The van der Waals surface area contributed by atoms with E-state index in [0.717, 1.165) is 23.2 Å². The Bertz CT molecular complexity index is 896. The monoisotopic (exact) mass is 382 g/mol. The molecular formula is C20H22N4O4. The van der Waals surface area contributed by atoms with Crippen LogP contribution in [0.4, 0.5) is 21.0 Å². The number of hydrogen-bond acceptors (Lipinski definition) is 3. The van der Waals surface area contributed by atoms with Crippen LogP contribution in [-0.4, -0.2) is 36.2 Å². The van der Waals surface area contributed by atoms with Crippen molar-refractivity contribution in [1.82, 2.24) is 10.6 Å². The normalized spacial score (nSPS) is 12.2. The van der Waals surface area contributed by atoms with Crippen molar-refractivity contribution in [3.63, 3.8) is 0 Å². The Morgan fingerprint density at radius 2 is 1.82 bits per heavy atom. The first kappa shape index (κ1) is 19.2. The van der Waals surface area contributed by atoms with Crippen LogP contribution in [-0.2, 0) is 13.0 Å². The van der Waals surface area contributed by atoms with E-state index in [1.807, 2.05) is 13.0 Å². The maximum absolute atomic E-state index is 12.2. The Labute approximate surface area is 162 Å². The van der Waals surface area contributed by atoms with Crippen LogP contribution in [0, 0.1) is 0 Å². The van der Waals surface area contributed by atoms with Crippen LogP contribution in [0.15, 0.2) is 42.5 Å². The third kappa shape index (κ3) is 4.40. The highest BCUT2D eigenvalue weighted by molar-refractivity contribution is 5.96. The third-order valence-electron chi connectivity index (χ3n) is 4.47. The molecule has 0 unspecified atom stereocenters. The minimum atomic E-state index is -0.990. The number of hydrogen-bond donors (Lipinski definition) is 4. The van der Waals surface area contributed by atoms with Crippen molar-refractivity contribution in [2.45, 2.75) is 19.9 Å². The molecule has 1 heterocycles. The number of amides is 4. The molecule has 0 atom stereocenters. The molecule has 2 aromatic rings. The molecular weight excluding hydrogens is 360 g/mol. The smallest absolute Gasteiger partial charge is 0.335 e. The highest BCUT2D eigenvalue weighted by atomic mass is 16.4. The van der Waals surface area contributed by atoms with Crippen LogP contribution in [0.3, 0.4) is 0 Å². The summed E-state index contributed by atoms with van der Waals surface area (Å²) in [7, 11) is 0. The number of nitrogens with zero attached hydrogens (tertiary/aromatic N) is 1. The second-order valence-corrected chi connectivity index (χ2v) is 6.39. The second kappa shape index (κ2) is 8.43. The SMILES string of the molecule is CCNC(=O)N1CCc2ccc(NC(=O)NCc3ccc(C(=O)O)cc3)cc21. The molecule has 8 nitrogen and oxygen atoms in total. The molecule has 4 N–H and O–H groups in total. The standard InChI is InChI=1S/C20H22N4O4/c1-2-21-20(28)24-10-9-14-7-8-16(11-17(14)24)23-19(27)22-12-13-3-5-15(6-4-13)18(25)26/h3-8,11H,2,9-10,12H2,1H3,(H,21,28)(H,25,26)(H2,22,23,27). The van der Waals surface area contributed by atoms with Crippen molar-refractivity contribution in [3.05, 3.63) is 59.2 Å². The summed E-state index contributed by atoms with van der Waals surface area (Å²) in [6, 6.07) is 11.3. The van der Waals surface area contributed by atoms with E-state index in [9.17, 15) is 14.4 Å². The largest absolute Gasteiger partial charge is 0.478 e. The maximum Gasteiger partial charge on any atom is 0.335 e. The third-order valence-corrected chi connectivity index (χ3v) is 4.47. The number of carboxylic acids is 1. The molecule has 0 radical (unpaired) electrons. The van der Waals surface area contributed by atoms with Gasteiger partial charge in [0.25, 0.3) is 0 Å². The van der Waals surface area contributed by atoms with E-state index in [1.165, 1.54) is 12.1 Å². The number of nitrogens with one attached hydrogen (secondary N) is 3. The Kier molecular flexibility index (Phi) is 5.78. The molecule has 0 fully saturated rings. The molecule has 146 valence electrons. The van der Waals surface area contributed by atoms with E-state index in [1.54, 1.807) is 29.2 Å². The van der Waals surface area contributed by atoms with Crippen molar-refractivity contribution in [3.8, 4) is 0 Å². The number of carbonyl (C=O) groups excluding carboxylic acids is 2. The van der Waals surface area contributed by atoms with Crippen molar-refractivity contribution in [1.29, 1.82) is 0 Å². The number of carbonyl (C=O) groups is 3. The lowest BCUT2D eigenvalue weighted by Gasteiger charge is -2.18. The van der Waals surface area contributed by atoms with Crippen LogP contribution < -0.4 is 20.9 Å². The number of carboxylic acid groups (broad SMARTS) is 1. The molecule has 1 aliphatic heterocycles. The average Bonchev–Trinajstić information content (AvgIpc) is 3.10. The maximum atomic E-state index is 12.2. The predicted molar refractivity (Wildman–Crippen MR) is 106 cm³/mol. The minimum absolute atomic E-state index is 0.146. The van der Waals surface area contributed by atoms with Crippen LogP contribution in [0.1, 0.15) is 28.4 Å². The van der Waals surface area contributed by atoms with Crippen molar-refractivity contribution in [2.24, 2.45) is 0 Å². The van der Waals surface area contributed by atoms with Gasteiger partial charge in [0, 0.05) is 25.3 Å². The first-order valence-corrected chi connectivity index (χ1v) is 9.03. The molecule has 8 heteroatoms. The van der Waals surface area contributed by atoms with Crippen molar-refractivity contribution < 1.29 is 19.5 Å². The van der Waals surface area contributed by atoms with Gasteiger partial charge in [-0.2, -0.15) is 0 Å². The molecule has 2 aromatic carbocycles. The van der Waals surface area contributed by atoms with Gasteiger partial charge in [0.05, 0.1) is 11.3 Å². The highest BCUT2D eigenvalue weighted by Crippen LogP contribution is 2.30. The Balaban J connectivity index is 1.59. The summed E-state index contributed by atoms with van der Waals surface area (Å²) in [6.45, 7) is 3.30. The van der Waals surface area contributed by atoms with Crippen LogP contribution >= 0.6 is 0 Å². The molecule has 0 bridgehead atoms. The number of urea groups is 2. The van der Waals surface area contributed by atoms with Gasteiger partial charge in [0.1, 0.15) is 0 Å². The zero-order valence-electron chi connectivity index (χ0n) is 15.5. The fraction of sp³-hybridized carbons (Fsp3) is 0.250. The molecule has 3 rings (SSSR count). The van der Waals surface area contributed by atoms with Gasteiger partial charge in [0.15, 0.2) is 0 Å². The van der Waals surface area contributed by atoms with Gasteiger partial charge < -0.3 is 21.1 Å². The fourth-order valence-electron chi connectivity index (χ4n) is 3.04. The lowest BCUT2D eigenvalue weighted by Crippen LogP contribution is -2.38. The van der Waals surface area contributed by atoms with Gasteiger partial charge >= 0.3 is 18.0 Å². The molecule has 0 aromatic heterocycles. The number of anilines is 2. The van der Waals surface area contributed by atoms with Gasteiger partial charge in [-0.25, -0.2) is 14.4 Å². The minimum Gasteiger partial charge on any atom is -0.478 e. The van der Waals surface area contributed by atoms with Gasteiger partial charge in [-0.1, -0.05) is 18.2 Å². The summed E-state index contributed by atoms with van der Waals surface area (Å²) >= 11 is 0. The zero-order valence-corrected chi connectivity index (χ0v) is 15.5. The van der Waals surface area contributed by atoms with E-state index >= 15 is 0 Å². The summed E-state index contributed by atoms with van der Waals surface area (Å²) in [4.78, 5) is 36.8. The van der Waals surface area contributed by atoms with E-state index in [0.29, 0.717) is 18.8 Å². The number of fused-ring (bicyclic) bond motifs is 1. The van der Waals surface area contributed by atoms with Gasteiger partial charge in [-0.3, -0.25) is 4.90 Å². The lowest BCUT2D eigenvalue weighted by molar-refractivity contribution is 0.0697. The molecule has 0 saturated carbocycles. The molecule has 4 amide bonds. The van der Waals surface area contributed by atoms with E-state index in [4.69, 9.17) is 5.11 Å². The van der Waals surface area contributed by atoms with Gasteiger partial charge in [-0.05, 0) is 48.7 Å². The summed E-state index contributed by atoms with van der Waals surface area (Å²) in [5.74, 6) is -0.990. The summed E-state index contributed by atoms with van der Waals surface area (Å²) in [6.07, 6.45) is 0.783. The predicted octanol–water partition coefficient (Wildman–Crippen LogP) is 2.80. The lowest BCUT2D eigenvalue weighted by atomic mass is 10.1. The first-order valence-electron chi connectivity index (χ1n) is 9.03. The number of rotatable bonds is 5. The summed E-state index contributed by atoms with van der Waals surface area (Å²) < 4.78 is 0. The van der Waals surface area contributed by atoms with Crippen LogP contribution in [0.25, 0.3) is 0 Å². The first-order chi connectivity index (χ1) is 13.5. The average molecular weight is 382 g/mol. The van der Waals surface area contributed by atoms with Crippen LogP contribution in [0.2, 0.25) is 0 Å². The van der Waals surface area contributed by atoms with E-state index in [-0.39, 0.29) is 24.2 Å². The van der Waals surface area contributed by atoms with E-state index in [2.05, 4.69) is 16.0 Å². The van der Waals surface area contributed by atoms with Crippen molar-refractivity contribution in [2.75, 3.05) is 23.3 Å². The van der Waals surface area contributed by atoms with Crippen LogP contribution in [0.5, 0.6) is 0 Å². The highest BCUT2D eigenvalue weighted by Gasteiger charge is 2.24. The quantitative estimate of drug-likeness (QED) is 0.637. The molecule has 0 aliphatic carbocycles. The van der Waals surface area contributed by atoms with E-state index < -0.39 is 5.97 Å². The van der Waals surface area contributed by atoms with Gasteiger partial charge in [-0.15, -0.1) is 0 Å². The molecule has 28 heavy (non-hydrogen) atoms. The number of aromatic carboxylic acids is 1. The topological polar surface area (TPSA) is 111 Å². The summed E-state index contributed by atoms with van der Waals surface area (Å²) in [5, 5.41) is 17.2. The second-order valence-electron chi connectivity index (χ2n) is 6.39. The fourth-order valence-corrected chi connectivity index (χ4v) is 3.04.